The van der Waals surface area contributed by atoms with Crippen molar-refractivity contribution in [3.63, 3.8) is 0 Å². The number of carbonyl (C=O) groups is 1. The van der Waals surface area contributed by atoms with Crippen molar-refractivity contribution in [3.05, 3.63) is 35.4 Å². The molecule has 16 heavy (non-hydrogen) atoms. The Morgan fingerprint density at radius 2 is 2.06 bits per heavy atom. The second-order valence-electron chi connectivity index (χ2n) is 4.63. The van der Waals surface area contributed by atoms with Crippen molar-refractivity contribution in [2.24, 2.45) is 5.92 Å². The predicted octanol–water partition coefficient (Wildman–Crippen LogP) is 2.67. The fourth-order valence-corrected chi connectivity index (χ4v) is 1.92. The number of amides is 1. The van der Waals surface area contributed by atoms with Gasteiger partial charge in [0.15, 0.2) is 0 Å². The van der Waals surface area contributed by atoms with Gasteiger partial charge in [-0.05, 0) is 23.5 Å². The zero-order valence-corrected chi connectivity index (χ0v) is 9.69. The minimum Gasteiger partial charge on any atom is -0.447 e. The first kappa shape index (κ1) is 11.0. The fraction of sp³-hybridized carbons (Fsp3) is 0.462. The minimum atomic E-state index is -0.323. The number of carbonyl (C=O) groups excluding carboxylic acids is 1. The quantitative estimate of drug-likeness (QED) is 0.848. The maximum Gasteiger partial charge on any atom is 0.407 e. The first-order chi connectivity index (χ1) is 7.65. The third-order valence-electron chi connectivity index (χ3n) is 2.70. The van der Waals surface area contributed by atoms with E-state index in [1.807, 2.05) is 0 Å². The normalized spacial score (nSPS) is 19.7. The number of hydrogen-bond acceptors (Lipinski definition) is 2. The summed E-state index contributed by atoms with van der Waals surface area (Å²) in [5, 5.41) is 2.77. The van der Waals surface area contributed by atoms with E-state index >= 15 is 0 Å². The Balaban J connectivity index is 2.04. The summed E-state index contributed by atoms with van der Waals surface area (Å²) in [6.07, 6.45) is 0.768. The average molecular weight is 219 g/mol. The highest BCUT2D eigenvalue weighted by atomic mass is 16.6. The molecule has 0 saturated carbocycles. The molecule has 1 saturated heterocycles. The summed E-state index contributed by atoms with van der Waals surface area (Å²) in [7, 11) is 0. The van der Waals surface area contributed by atoms with Crippen LogP contribution < -0.4 is 5.32 Å². The lowest BCUT2D eigenvalue weighted by atomic mass is 10.00. The maximum absolute atomic E-state index is 10.9. The Morgan fingerprint density at radius 1 is 1.38 bits per heavy atom. The lowest BCUT2D eigenvalue weighted by Crippen LogP contribution is -2.18. The summed E-state index contributed by atoms with van der Waals surface area (Å²) < 4.78 is 4.86. The molecule has 0 spiro atoms. The highest BCUT2D eigenvalue weighted by molar-refractivity contribution is 5.70. The van der Waals surface area contributed by atoms with Gasteiger partial charge in [0.05, 0.1) is 6.04 Å². The minimum absolute atomic E-state index is 0.0144. The Bertz CT molecular complexity index is 370. The van der Waals surface area contributed by atoms with Crippen LogP contribution in [-0.2, 0) is 11.2 Å². The lowest BCUT2D eigenvalue weighted by Gasteiger charge is -2.09. The van der Waals surface area contributed by atoms with Crippen LogP contribution >= 0.6 is 0 Å². The number of alkyl carbamates (subject to hydrolysis) is 1. The number of benzene rings is 1. The second kappa shape index (κ2) is 4.56. The average Bonchev–Trinajstić information content (AvgIpc) is 2.65. The van der Waals surface area contributed by atoms with Crippen LogP contribution in [0.3, 0.4) is 0 Å². The molecule has 1 atom stereocenters. The molecular weight excluding hydrogens is 202 g/mol. The van der Waals surface area contributed by atoms with Gasteiger partial charge in [0, 0.05) is 0 Å². The van der Waals surface area contributed by atoms with Gasteiger partial charge in [-0.3, -0.25) is 0 Å². The molecule has 1 amide bonds. The van der Waals surface area contributed by atoms with Crippen LogP contribution in [0.2, 0.25) is 0 Å². The molecule has 86 valence electrons. The van der Waals surface area contributed by atoms with Crippen molar-refractivity contribution >= 4 is 6.09 Å². The molecule has 3 nitrogen and oxygen atoms in total. The molecule has 1 unspecified atom stereocenters. The fourth-order valence-electron chi connectivity index (χ4n) is 1.92. The zero-order chi connectivity index (χ0) is 11.5. The summed E-state index contributed by atoms with van der Waals surface area (Å²) in [4.78, 5) is 10.9. The van der Waals surface area contributed by atoms with E-state index in [2.05, 4.69) is 43.4 Å². The Morgan fingerprint density at radius 3 is 2.56 bits per heavy atom. The van der Waals surface area contributed by atoms with Crippen molar-refractivity contribution < 1.29 is 9.53 Å². The first-order valence-electron chi connectivity index (χ1n) is 5.67. The van der Waals surface area contributed by atoms with E-state index in [1.165, 1.54) is 5.56 Å². The molecule has 1 aromatic rings. The van der Waals surface area contributed by atoms with Crippen LogP contribution in [0.5, 0.6) is 0 Å². The SMILES string of the molecule is CC(C)Cc1ccc(C2COC(=O)N2)cc1. The highest BCUT2D eigenvalue weighted by Gasteiger charge is 2.23. The van der Waals surface area contributed by atoms with Gasteiger partial charge >= 0.3 is 6.09 Å². The van der Waals surface area contributed by atoms with Crippen molar-refractivity contribution in [2.45, 2.75) is 26.3 Å². The van der Waals surface area contributed by atoms with Crippen LogP contribution in [0.1, 0.15) is 31.0 Å². The molecule has 0 aliphatic carbocycles. The van der Waals surface area contributed by atoms with Gasteiger partial charge in [-0.25, -0.2) is 4.79 Å². The zero-order valence-electron chi connectivity index (χ0n) is 9.69. The van der Waals surface area contributed by atoms with E-state index in [0.29, 0.717) is 12.5 Å². The Labute approximate surface area is 95.8 Å². The van der Waals surface area contributed by atoms with E-state index in [9.17, 15) is 4.79 Å². The van der Waals surface area contributed by atoms with Gasteiger partial charge in [-0.2, -0.15) is 0 Å². The number of ether oxygens (including phenoxy) is 1. The topological polar surface area (TPSA) is 38.3 Å². The molecule has 0 aromatic heterocycles. The van der Waals surface area contributed by atoms with Gasteiger partial charge in [-0.15, -0.1) is 0 Å². The number of rotatable bonds is 3. The molecule has 0 radical (unpaired) electrons. The van der Waals surface area contributed by atoms with Crippen molar-refractivity contribution in [2.75, 3.05) is 6.61 Å². The summed E-state index contributed by atoms with van der Waals surface area (Å²) >= 11 is 0. The predicted molar refractivity (Wildman–Crippen MR) is 62.2 cm³/mol. The van der Waals surface area contributed by atoms with E-state index in [0.717, 1.165) is 12.0 Å². The molecule has 1 aliphatic heterocycles. The Hall–Kier alpha value is -1.51. The third-order valence-corrected chi connectivity index (χ3v) is 2.70. The molecule has 2 rings (SSSR count). The maximum atomic E-state index is 10.9. The lowest BCUT2D eigenvalue weighted by molar-refractivity contribution is 0.177. The van der Waals surface area contributed by atoms with Crippen molar-refractivity contribution in [1.82, 2.24) is 5.32 Å². The van der Waals surface area contributed by atoms with E-state index in [1.54, 1.807) is 0 Å². The summed E-state index contributed by atoms with van der Waals surface area (Å²) in [6, 6.07) is 8.40. The van der Waals surface area contributed by atoms with Crippen LogP contribution in [0.25, 0.3) is 0 Å². The Kier molecular flexibility index (Phi) is 3.13. The van der Waals surface area contributed by atoms with Crippen LogP contribution in [0.15, 0.2) is 24.3 Å². The third kappa shape index (κ3) is 2.54. The largest absolute Gasteiger partial charge is 0.447 e. The second-order valence-corrected chi connectivity index (χ2v) is 4.63. The van der Waals surface area contributed by atoms with E-state index in [4.69, 9.17) is 4.74 Å². The molecule has 1 N–H and O–H groups in total. The number of hydrogen-bond donors (Lipinski definition) is 1. The van der Waals surface area contributed by atoms with Crippen LogP contribution in [-0.4, -0.2) is 12.7 Å². The highest BCUT2D eigenvalue weighted by Crippen LogP contribution is 2.19. The van der Waals surface area contributed by atoms with Gasteiger partial charge in [0.2, 0.25) is 0 Å². The van der Waals surface area contributed by atoms with Crippen LogP contribution in [0, 0.1) is 5.92 Å². The molecular formula is C13H17NO2. The van der Waals surface area contributed by atoms with Gasteiger partial charge in [0.1, 0.15) is 6.61 Å². The molecule has 3 heteroatoms. The van der Waals surface area contributed by atoms with Crippen molar-refractivity contribution in [3.8, 4) is 0 Å². The van der Waals surface area contributed by atoms with Gasteiger partial charge in [-0.1, -0.05) is 38.1 Å². The standard InChI is InChI=1S/C13H17NO2/c1-9(2)7-10-3-5-11(6-4-10)12-8-16-13(15)14-12/h3-6,9,12H,7-8H2,1-2H3,(H,14,15). The monoisotopic (exact) mass is 219 g/mol. The first-order valence-corrected chi connectivity index (χ1v) is 5.67. The summed E-state index contributed by atoms with van der Waals surface area (Å²) in [5.41, 5.74) is 2.45. The van der Waals surface area contributed by atoms with E-state index < -0.39 is 0 Å². The summed E-state index contributed by atoms with van der Waals surface area (Å²) in [6.45, 7) is 4.85. The van der Waals surface area contributed by atoms with Crippen LogP contribution in [0.4, 0.5) is 4.79 Å². The molecule has 1 fully saturated rings. The van der Waals surface area contributed by atoms with Crippen molar-refractivity contribution in [1.29, 1.82) is 0 Å². The van der Waals surface area contributed by atoms with Gasteiger partial charge in [0.25, 0.3) is 0 Å². The number of cyclic esters (lactones) is 1. The van der Waals surface area contributed by atoms with E-state index in [-0.39, 0.29) is 12.1 Å². The number of nitrogens with one attached hydrogen (secondary N) is 1. The molecule has 1 aliphatic rings. The smallest absolute Gasteiger partial charge is 0.407 e. The molecule has 1 heterocycles. The molecule has 1 aromatic carbocycles. The van der Waals surface area contributed by atoms with Gasteiger partial charge < -0.3 is 10.1 Å². The molecule has 0 bridgehead atoms. The summed E-state index contributed by atoms with van der Waals surface area (Å²) in [5.74, 6) is 0.667.